The summed E-state index contributed by atoms with van der Waals surface area (Å²) in [6.07, 6.45) is -1.75. The Kier molecular flexibility index (Phi) is 6.68. The number of phenolic OH excluding ortho intramolecular Hbond substituents is 1. The maximum Gasteiger partial charge on any atom is 0.272 e. The van der Waals surface area contributed by atoms with Crippen molar-refractivity contribution in [3.8, 4) is 11.5 Å². The number of anilines is 1. The van der Waals surface area contributed by atoms with Crippen LogP contribution in [0.2, 0.25) is 0 Å². The van der Waals surface area contributed by atoms with Gasteiger partial charge in [0.1, 0.15) is 23.7 Å². The van der Waals surface area contributed by atoms with Crippen LogP contribution in [0, 0.1) is 30.2 Å². The van der Waals surface area contributed by atoms with Gasteiger partial charge in [0, 0.05) is 22.8 Å². The molecule has 2 aromatic heterocycles. The maximum absolute atomic E-state index is 15.2. The number of ether oxygens (including phenoxy) is 1. The lowest BCUT2D eigenvalue weighted by atomic mass is 9.94. The molecule has 0 saturated heterocycles. The molecule has 2 heterocycles. The third-order valence-corrected chi connectivity index (χ3v) is 5.17. The summed E-state index contributed by atoms with van der Waals surface area (Å²) < 4.78 is 89.0. The van der Waals surface area contributed by atoms with E-state index in [0.29, 0.717) is 11.1 Å². The molecule has 1 atom stereocenters. The summed E-state index contributed by atoms with van der Waals surface area (Å²) >= 11 is 0. The van der Waals surface area contributed by atoms with Gasteiger partial charge in [-0.25, -0.2) is 22.5 Å². The molecule has 0 spiro atoms. The average Bonchev–Trinajstić information content (AvgIpc) is 2.83. The highest BCUT2D eigenvalue weighted by Crippen LogP contribution is 2.41. The summed E-state index contributed by atoms with van der Waals surface area (Å²) in [4.78, 5) is 8.23. The number of alkyl halides is 2. The van der Waals surface area contributed by atoms with Gasteiger partial charge in [-0.3, -0.25) is 4.98 Å². The van der Waals surface area contributed by atoms with Gasteiger partial charge >= 0.3 is 0 Å². The summed E-state index contributed by atoms with van der Waals surface area (Å²) in [6.45, 7) is 0.172. The highest BCUT2D eigenvalue weighted by atomic mass is 19.3. The van der Waals surface area contributed by atoms with Crippen LogP contribution in [0.4, 0.5) is 32.2 Å². The molecule has 0 aliphatic heterocycles. The second kappa shape index (κ2) is 9.69. The Balaban J connectivity index is 1.93. The molecule has 4 aromatic rings. The molecule has 1 unspecified atom stereocenters. The fourth-order valence-electron chi connectivity index (χ4n) is 3.61. The fourth-order valence-corrected chi connectivity index (χ4v) is 3.61. The van der Waals surface area contributed by atoms with Gasteiger partial charge in [-0.2, -0.15) is 8.78 Å². The highest BCUT2D eigenvalue weighted by molar-refractivity contribution is 5.86. The van der Waals surface area contributed by atoms with E-state index in [2.05, 4.69) is 20.0 Å². The van der Waals surface area contributed by atoms with E-state index >= 15 is 8.78 Å². The first-order valence-electron chi connectivity index (χ1n) is 10.2. The Morgan fingerprint density at radius 2 is 1.66 bits per heavy atom. The number of aryl methyl sites for hydroxylation is 1. The van der Waals surface area contributed by atoms with Crippen LogP contribution in [0.15, 0.2) is 48.7 Å². The van der Waals surface area contributed by atoms with Gasteiger partial charge in [0.15, 0.2) is 17.4 Å². The highest BCUT2D eigenvalue weighted by Gasteiger charge is 2.34. The quantitative estimate of drug-likeness (QED) is 0.243. The fraction of sp³-hybridized carbons (Fsp3) is 0.167. The molecule has 0 aliphatic rings. The molecule has 2 aromatic carbocycles. The molecule has 2 N–H and O–H groups in total. The minimum absolute atomic E-state index is 0.0765. The summed E-state index contributed by atoms with van der Waals surface area (Å²) in [5.41, 5.74) is -0.726. The standard InChI is InChI=1S/C24H17F6N3O2/c1-11-4-2-6-15(32-11)33-22(13-8-7-12-5-3-9-31-21(12)23(13)34)16-17(27)19(29)24(20(30)18(16)28)35-10-14(25)26/h2-9,14,22,34H,10H2,1H3,(H,32,33). The van der Waals surface area contributed by atoms with E-state index in [1.807, 2.05) is 0 Å². The summed E-state index contributed by atoms with van der Waals surface area (Å²) in [5, 5.41) is 14.1. The second-order valence-corrected chi connectivity index (χ2v) is 7.52. The molecule has 0 fully saturated rings. The number of rotatable bonds is 7. The van der Waals surface area contributed by atoms with E-state index < -0.39 is 59.4 Å². The summed E-state index contributed by atoms with van der Waals surface area (Å²) in [6, 6.07) is 9.01. The van der Waals surface area contributed by atoms with Crippen molar-refractivity contribution in [3.63, 3.8) is 0 Å². The van der Waals surface area contributed by atoms with Crippen LogP contribution in [-0.2, 0) is 0 Å². The number of phenols is 1. The summed E-state index contributed by atoms with van der Waals surface area (Å²) in [7, 11) is 0. The number of pyridine rings is 2. The van der Waals surface area contributed by atoms with Crippen molar-refractivity contribution < 1.29 is 36.2 Å². The van der Waals surface area contributed by atoms with Gasteiger partial charge in [0.25, 0.3) is 6.43 Å². The maximum atomic E-state index is 15.2. The molecule has 0 radical (unpaired) electrons. The Bertz CT molecular complexity index is 1370. The zero-order chi connectivity index (χ0) is 25.3. The second-order valence-electron chi connectivity index (χ2n) is 7.52. The minimum atomic E-state index is -3.14. The Morgan fingerprint density at radius 3 is 2.31 bits per heavy atom. The van der Waals surface area contributed by atoms with Crippen LogP contribution in [0.5, 0.6) is 11.5 Å². The van der Waals surface area contributed by atoms with Gasteiger partial charge in [-0.15, -0.1) is 0 Å². The predicted molar refractivity (Wildman–Crippen MR) is 116 cm³/mol. The largest absolute Gasteiger partial charge is 0.505 e. The monoisotopic (exact) mass is 493 g/mol. The van der Waals surface area contributed by atoms with Crippen molar-refractivity contribution >= 4 is 16.7 Å². The zero-order valence-electron chi connectivity index (χ0n) is 18.0. The average molecular weight is 493 g/mol. The molecule has 182 valence electrons. The van der Waals surface area contributed by atoms with Crippen molar-refractivity contribution in [2.45, 2.75) is 19.4 Å². The van der Waals surface area contributed by atoms with Crippen molar-refractivity contribution in [1.29, 1.82) is 0 Å². The molecule has 0 aliphatic carbocycles. The topological polar surface area (TPSA) is 67.3 Å². The molecular weight excluding hydrogens is 476 g/mol. The minimum Gasteiger partial charge on any atom is -0.505 e. The molecule has 35 heavy (non-hydrogen) atoms. The van der Waals surface area contributed by atoms with Gasteiger partial charge in [-0.1, -0.05) is 24.3 Å². The number of fused-ring (bicyclic) bond motifs is 1. The van der Waals surface area contributed by atoms with E-state index in [0.717, 1.165) is 0 Å². The third-order valence-electron chi connectivity index (χ3n) is 5.17. The first kappa shape index (κ1) is 24.1. The number of aromatic hydroxyl groups is 1. The number of aromatic nitrogens is 2. The van der Waals surface area contributed by atoms with E-state index in [1.165, 1.54) is 24.4 Å². The first-order chi connectivity index (χ1) is 16.7. The molecule has 4 rings (SSSR count). The molecule has 5 nitrogen and oxygen atoms in total. The van der Waals surface area contributed by atoms with E-state index in [1.54, 1.807) is 31.2 Å². The van der Waals surface area contributed by atoms with Crippen molar-refractivity contribution in [2.75, 3.05) is 11.9 Å². The lowest BCUT2D eigenvalue weighted by Crippen LogP contribution is -2.20. The Morgan fingerprint density at radius 1 is 0.943 bits per heavy atom. The summed E-state index contributed by atoms with van der Waals surface area (Å²) in [5.74, 6) is -9.80. The third kappa shape index (κ3) is 4.66. The van der Waals surface area contributed by atoms with E-state index in [9.17, 15) is 22.7 Å². The number of hydrogen-bond donors (Lipinski definition) is 2. The van der Waals surface area contributed by atoms with Crippen molar-refractivity contribution in [2.24, 2.45) is 0 Å². The first-order valence-corrected chi connectivity index (χ1v) is 10.2. The number of nitrogens with zero attached hydrogens (tertiary/aromatic N) is 2. The Labute approximate surface area is 195 Å². The zero-order valence-corrected chi connectivity index (χ0v) is 18.0. The van der Waals surface area contributed by atoms with E-state index in [4.69, 9.17) is 0 Å². The lowest BCUT2D eigenvalue weighted by Gasteiger charge is -2.24. The number of nitrogens with one attached hydrogen (secondary N) is 1. The number of benzene rings is 2. The Hall–Kier alpha value is -4.02. The van der Waals surface area contributed by atoms with Crippen LogP contribution < -0.4 is 10.1 Å². The molecule has 0 bridgehead atoms. The van der Waals surface area contributed by atoms with Gasteiger partial charge in [0.2, 0.25) is 11.6 Å². The van der Waals surface area contributed by atoms with Gasteiger partial charge in [0.05, 0.1) is 11.6 Å². The van der Waals surface area contributed by atoms with Crippen molar-refractivity contribution in [3.05, 3.63) is 88.8 Å². The molecule has 0 saturated carbocycles. The van der Waals surface area contributed by atoms with Crippen LogP contribution in [-0.4, -0.2) is 28.1 Å². The molecule has 11 heteroatoms. The van der Waals surface area contributed by atoms with Gasteiger partial charge in [-0.05, 0) is 25.1 Å². The van der Waals surface area contributed by atoms with Crippen LogP contribution in [0.25, 0.3) is 10.9 Å². The smallest absolute Gasteiger partial charge is 0.272 e. The van der Waals surface area contributed by atoms with Crippen LogP contribution in [0.3, 0.4) is 0 Å². The predicted octanol–water partition coefficient (Wildman–Crippen LogP) is 6.05. The van der Waals surface area contributed by atoms with Crippen molar-refractivity contribution in [1.82, 2.24) is 9.97 Å². The lowest BCUT2D eigenvalue weighted by molar-refractivity contribution is 0.0766. The molecule has 0 amide bonds. The van der Waals surface area contributed by atoms with Crippen LogP contribution >= 0.6 is 0 Å². The van der Waals surface area contributed by atoms with Crippen LogP contribution in [0.1, 0.15) is 22.9 Å². The normalized spacial score (nSPS) is 12.2. The number of hydrogen-bond acceptors (Lipinski definition) is 5. The number of halogens is 6. The van der Waals surface area contributed by atoms with Gasteiger partial charge < -0.3 is 15.2 Å². The molecular formula is C24H17F6N3O2. The SMILES string of the molecule is Cc1cccc(NC(c2ccc3cccnc3c2O)c2c(F)c(F)c(OCC(F)F)c(F)c2F)n1. The van der Waals surface area contributed by atoms with E-state index in [-0.39, 0.29) is 16.9 Å².